The average molecular weight is 599 g/mol. The van der Waals surface area contributed by atoms with Crippen LogP contribution < -0.4 is 4.74 Å². The average Bonchev–Trinajstić information content (AvgIpc) is 3.18. The van der Waals surface area contributed by atoms with E-state index in [0.717, 1.165) is 24.8 Å². The van der Waals surface area contributed by atoms with Crippen LogP contribution in [0, 0.1) is 23.9 Å². The number of hydrogen-bond donors (Lipinski definition) is 5. The van der Waals surface area contributed by atoms with Gasteiger partial charge in [0.2, 0.25) is 6.29 Å². The van der Waals surface area contributed by atoms with Crippen molar-refractivity contribution in [2.75, 3.05) is 6.61 Å². The van der Waals surface area contributed by atoms with Gasteiger partial charge >= 0.3 is 0 Å². The first kappa shape index (κ1) is 31.8. The highest BCUT2D eigenvalue weighted by Gasteiger charge is 2.62. The van der Waals surface area contributed by atoms with Gasteiger partial charge in [-0.3, -0.25) is 0 Å². The van der Waals surface area contributed by atoms with E-state index in [1.807, 2.05) is 24.3 Å². The molecule has 9 heteroatoms. The van der Waals surface area contributed by atoms with Crippen molar-refractivity contribution in [3.05, 3.63) is 54.8 Å². The van der Waals surface area contributed by atoms with Crippen LogP contribution in [0.3, 0.4) is 0 Å². The number of aliphatic hydroxyl groups is 5. The Bertz CT molecular complexity index is 1150. The molecule has 0 radical (unpaired) electrons. The third-order valence-electron chi connectivity index (χ3n) is 9.61. The van der Waals surface area contributed by atoms with Gasteiger partial charge in [0.15, 0.2) is 5.60 Å². The van der Waals surface area contributed by atoms with Gasteiger partial charge in [-0.05, 0) is 74.1 Å². The van der Waals surface area contributed by atoms with E-state index in [0.29, 0.717) is 44.3 Å². The van der Waals surface area contributed by atoms with Crippen LogP contribution in [0.25, 0.3) is 0 Å². The van der Waals surface area contributed by atoms with E-state index in [1.165, 1.54) is 6.26 Å². The molecule has 6 rings (SSSR count). The van der Waals surface area contributed by atoms with Gasteiger partial charge in [-0.1, -0.05) is 43.4 Å². The van der Waals surface area contributed by atoms with Crippen LogP contribution in [0.4, 0.5) is 0 Å². The van der Waals surface area contributed by atoms with Gasteiger partial charge < -0.3 is 44.5 Å². The van der Waals surface area contributed by atoms with Gasteiger partial charge in [-0.2, -0.15) is 0 Å². The molecule has 0 amide bonds. The van der Waals surface area contributed by atoms with E-state index in [9.17, 15) is 25.5 Å². The fourth-order valence-corrected chi connectivity index (χ4v) is 7.19. The molecule has 4 heterocycles. The summed E-state index contributed by atoms with van der Waals surface area (Å²) in [5.74, 6) is 2.59. The molecular weight excluding hydrogens is 552 g/mol. The third-order valence-corrected chi connectivity index (χ3v) is 9.61. The largest absolute Gasteiger partial charge is 0.486 e. The summed E-state index contributed by atoms with van der Waals surface area (Å²) in [5.41, 5.74) is -1.41. The van der Waals surface area contributed by atoms with E-state index < -0.39 is 53.9 Å². The summed E-state index contributed by atoms with van der Waals surface area (Å²) in [6.07, 6.45) is 7.27. The lowest BCUT2D eigenvalue weighted by atomic mass is 9.69. The quantitative estimate of drug-likeness (QED) is 0.214. The van der Waals surface area contributed by atoms with Crippen molar-refractivity contribution in [3.63, 3.8) is 0 Å². The minimum atomic E-state index is -1.60. The van der Waals surface area contributed by atoms with Crippen molar-refractivity contribution >= 4 is 0 Å². The second-order valence-electron chi connectivity index (χ2n) is 12.6. The van der Waals surface area contributed by atoms with E-state index in [2.05, 4.69) is 18.6 Å². The summed E-state index contributed by atoms with van der Waals surface area (Å²) in [6.45, 7) is 3.69. The normalized spacial score (nSPS) is 36.9. The molecular formula is C34H46O9. The zero-order valence-corrected chi connectivity index (χ0v) is 24.7. The van der Waals surface area contributed by atoms with Gasteiger partial charge in [0.05, 0.1) is 18.0 Å². The minimum Gasteiger partial charge on any atom is -0.486 e. The predicted molar refractivity (Wildman–Crippen MR) is 158 cm³/mol. The Balaban J connectivity index is 1.54. The van der Waals surface area contributed by atoms with Crippen LogP contribution in [-0.2, 0) is 20.6 Å². The Morgan fingerprint density at radius 1 is 1.09 bits per heavy atom. The van der Waals surface area contributed by atoms with E-state index in [-0.39, 0.29) is 25.4 Å². The first-order valence-corrected chi connectivity index (χ1v) is 15.7. The number of fused-ring (bicyclic) bond motifs is 6. The predicted octanol–water partition coefficient (Wildman–Crippen LogP) is 3.11. The van der Waals surface area contributed by atoms with Crippen molar-refractivity contribution in [2.45, 2.75) is 119 Å². The van der Waals surface area contributed by atoms with E-state index in [1.54, 1.807) is 12.1 Å². The van der Waals surface area contributed by atoms with Crippen molar-refractivity contribution in [2.24, 2.45) is 11.8 Å². The molecule has 9 nitrogen and oxygen atoms in total. The zero-order chi connectivity index (χ0) is 30.5. The molecule has 1 spiro atoms. The van der Waals surface area contributed by atoms with Crippen molar-refractivity contribution < 1.29 is 44.5 Å². The van der Waals surface area contributed by atoms with Crippen molar-refractivity contribution in [1.82, 2.24) is 0 Å². The van der Waals surface area contributed by atoms with Gasteiger partial charge in [-0.25, -0.2) is 0 Å². The molecule has 4 aliphatic heterocycles. The summed E-state index contributed by atoms with van der Waals surface area (Å²) in [6, 6.07) is 7.43. The molecule has 2 fully saturated rings. The molecule has 9 atom stereocenters. The first-order valence-electron chi connectivity index (χ1n) is 15.7. The molecule has 236 valence electrons. The van der Waals surface area contributed by atoms with E-state index in [4.69, 9.17) is 18.9 Å². The molecule has 5 aliphatic rings. The number of benzene rings is 1. The molecule has 1 aliphatic carbocycles. The molecule has 9 unspecified atom stereocenters. The standard InChI is InChI=1S/C34H46O9/c1-2-8-23-11-13-25(14-12-23)42-32-34-22-26(24(15-20-41-34)21-33(39)16-4-3-5-17-33)27(36)9-7-19-40-28(10-6-18-35)30(43-32)29(37)31(34)38/h2,11-15,20,24,26-32,35-39H,1,3-6,8-10,16-18,21-22H2. The summed E-state index contributed by atoms with van der Waals surface area (Å²) >= 11 is 0. The zero-order valence-electron chi connectivity index (χ0n) is 24.7. The van der Waals surface area contributed by atoms with Crippen LogP contribution in [0.2, 0.25) is 0 Å². The van der Waals surface area contributed by atoms with Crippen LogP contribution in [0.15, 0.2) is 49.3 Å². The second-order valence-corrected chi connectivity index (χ2v) is 12.6. The number of rotatable bonds is 9. The van der Waals surface area contributed by atoms with Crippen LogP contribution in [-0.4, -0.2) is 80.2 Å². The number of hydrogen-bond acceptors (Lipinski definition) is 9. The Morgan fingerprint density at radius 3 is 2.58 bits per heavy atom. The van der Waals surface area contributed by atoms with Crippen molar-refractivity contribution in [1.29, 1.82) is 0 Å². The van der Waals surface area contributed by atoms with Gasteiger partial charge in [0, 0.05) is 19.4 Å². The highest BCUT2D eigenvalue weighted by molar-refractivity contribution is 5.29. The second kappa shape index (κ2) is 14.0. The lowest BCUT2D eigenvalue weighted by molar-refractivity contribution is -0.333. The van der Waals surface area contributed by atoms with Gasteiger partial charge in [0.25, 0.3) is 0 Å². The Hall–Kier alpha value is -2.58. The SMILES string of the molecule is C=CCc1ccc(OC2OC3C(CCCO)OC#CCC(O)C4CC2(OC=CC4CC2(O)CCCCC2)C(O)C3O)cc1. The highest BCUT2D eigenvalue weighted by atomic mass is 16.7. The van der Waals surface area contributed by atoms with E-state index >= 15 is 0 Å². The topological polar surface area (TPSA) is 138 Å². The molecule has 1 saturated carbocycles. The highest BCUT2D eigenvalue weighted by Crippen LogP contribution is 2.47. The summed E-state index contributed by atoms with van der Waals surface area (Å²) in [5, 5.41) is 55.9. The van der Waals surface area contributed by atoms with Gasteiger partial charge in [0.1, 0.15) is 36.3 Å². The minimum absolute atomic E-state index is 0.0793. The molecule has 1 saturated heterocycles. The maximum atomic E-state index is 11.9. The van der Waals surface area contributed by atoms with Crippen LogP contribution >= 0.6 is 0 Å². The Morgan fingerprint density at radius 2 is 1.86 bits per heavy atom. The third kappa shape index (κ3) is 7.06. The summed E-state index contributed by atoms with van der Waals surface area (Å²) < 4.78 is 25.0. The molecule has 3 bridgehead atoms. The molecule has 1 aromatic carbocycles. The first-order chi connectivity index (χ1) is 20.8. The van der Waals surface area contributed by atoms with Crippen molar-refractivity contribution in [3.8, 4) is 17.8 Å². The van der Waals surface area contributed by atoms with Crippen LogP contribution in [0.5, 0.6) is 5.75 Å². The molecule has 1 aromatic rings. The lowest BCUT2D eigenvalue weighted by Crippen LogP contribution is -2.70. The molecule has 0 aromatic heterocycles. The maximum Gasteiger partial charge on any atom is 0.243 e. The van der Waals surface area contributed by atoms with Crippen LogP contribution in [0.1, 0.15) is 69.8 Å². The Kier molecular flexibility index (Phi) is 10.4. The number of allylic oxidation sites excluding steroid dienone is 2. The summed E-state index contributed by atoms with van der Waals surface area (Å²) in [4.78, 5) is 0. The maximum absolute atomic E-state index is 11.9. The fraction of sp³-hybridized carbons (Fsp3) is 0.647. The molecule has 5 N–H and O–H groups in total. The summed E-state index contributed by atoms with van der Waals surface area (Å²) in [7, 11) is 0. The fourth-order valence-electron chi connectivity index (χ4n) is 7.19. The van der Waals surface area contributed by atoms with Gasteiger partial charge in [-0.15, -0.1) is 6.58 Å². The Labute approximate surface area is 254 Å². The molecule has 43 heavy (non-hydrogen) atoms. The monoisotopic (exact) mass is 598 g/mol. The lowest BCUT2D eigenvalue weighted by Gasteiger charge is -2.52. The number of ether oxygens (including phenoxy) is 4. The smallest absolute Gasteiger partial charge is 0.243 e. The number of aliphatic hydroxyl groups excluding tert-OH is 4.